The summed E-state index contributed by atoms with van der Waals surface area (Å²) in [6, 6.07) is 23.9. The van der Waals surface area contributed by atoms with Crippen molar-refractivity contribution in [3.8, 4) is 5.75 Å². The van der Waals surface area contributed by atoms with Crippen LogP contribution in [0.4, 0.5) is 0 Å². The zero-order valence-corrected chi connectivity index (χ0v) is 14.3. The summed E-state index contributed by atoms with van der Waals surface area (Å²) in [4.78, 5) is 16.1. The molecule has 0 aliphatic heterocycles. The van der Waals surface area contributed by atoms with Crippen molar-refractivity contribution >= 4 is 39.8 Å². The molecule has 26 heavy (non-hydrogen) atoms. The predicted octanol–water partition coefficient (Wildman–Crippen LogP) is 5.48. The summed E-state index contributed by atoms with van der Waals surface area (Å²) >= 11 is 0. The molecule has 4 rings (SSSR count). The molecule has 0 aliphatic rings. The number of hydrogen-bond acceptors (Lipinski definition) is 3. The Labute approximate surface area is 151 Å². The van der Waals surface area contributed by atoms with E-state index >= 15 is 0 Å². The fraction of sp³-hybridized carbons (Fsp3) is 0.0435. The number of hydrogen-bond donors (Lipinski definition) is 0. The van der Waals surface area contributed by atoms with Crippen LogP contribution in [0.2, 0.25) is 0 Å². The Bertz CT molecular complexity index is 1150. The summed E-state index contributed by atoms with van der Waals surface area (Å²) in [5.41, 5.74) is 2.67. The molecular weight excluding hydrogens is 322 g/mol. The van der Waals surface area contributed by atoms with E-state index in [1.165, 1.54) is 6.92 Å². The monoisotopic (exact) mass is 339 g/mol. The van der Waals surface area contributed by atoms with Gasteiger partial charge >= 0.3 is 5.97 Å². The van der Waals surface area contributed by atoms with Crippen LogP contribution in [0.25, 0.3) is 33.8 Å². The number of nitrogens with zero attached hydrogens (tertiary/aromatic N) is 1. The van der Waals surface area contributed by atoms with Gasteiger partial charge in [0.2, 0.25) is 0 Å². The molecule has 0 N–H and O–H groups in total. The molecule has 3 aromatic carbocycles. The van der Waals surface area contributed by atoms with Gasteiger partial charge in [0.1, 0.15) is 5.75 Å². The molecule has 0 saturated carbocycles. The summed E-state index contributed by atoms with van der Waals surface area (Å²) in [6.45, 7) is 1.41. The van der Waals surface area contributed by atoms with Gasteiger partial charge in [-0.1, -0.05) is 54.6 Å². The number of rotatable bonds is 3. The lowest BCUT2D eigenvalue weighted by atomic mass is 10.0. The van der Waals surface area contributed by atoms with Crippen molar-refractivity contribution in [2.24, 2.45) is 0 Å². The maximum absolute atomic E-state index is 11.5. The van der Waals surface area contributed by atoms with Crippen LogP contribution in [0.3, 0.4) is 0 Å². The molecule has 1 aromatic heterocycles. The smallest absolute Gasteiger partial charge is 0.308 e. The van der Waals surface area contributed by atoms with Gasteiger partial charge in [-0.05, 0) is 41.1 Å². The molecule has 0 fully saturated rings. The normalized spacial score (nSPS) is 11.3. The van der Waals surface area contributed by atoms with Crippen molar-refractivity contribution in [1.29, 1.82) is 0 Å². The lowest BCUT2D eigenvalue weighted by Crippen LogP contribution is -2.02. The third-order valence-corrected chi connectivity index (χ3v) is 4.23. The lowest BCUT2D eigenvalue weighted by Gasteiger charge is -2.09. The van der Waals surface area contributed by atoms with E-state index in [0.717, 1.165) is 32.9 Å². The topological polar surface area (TPSA) is 39.2 Å². The van der Waals surface area contributed by atoms with E-state index in [1.807, 2.05) is 78.9 Å². The van der Waals surface area contributed by atoms with Gasteiger partial charge in [0.15, 0.2) is 0 Å². The van der Waals surface area contributed by atoms with Gasteiger partial charge in [0.05, 0.1) is 11.2 Å². The third-order valence-electron chi connectivity index (χ3n) is 4.23. The van der Waals surface area contributed by atoms with E-state index in [-0.39, 0.29) is 5.97 Å². The molecule has 0 aliphatic carbocycles. The Morgan fingerprint density at radius 2 is 1.58 bits per heavy atom. The molecule has 3 heteroatoms. The average molecular weight is 339 g/mol. The summed E-state index contributed by atoms with van der Waals surface area (Å²) in [6.07, 6.45) is 3.90. The molecule has 126 valence electrons. The van der Waals surface area contributed by atoms with Crippen molar-refractivity contribution in [2.45, 2.75) is 6.92 Å². The van der Waals surface area contributed by atoms with Crippen LogP contribution in [0.15, 0.2) is 72.8 Å². The lowest BCUT2D eigenvalue weighted by molar-refractivity contribution is -0.131. The van der Waals surface area contributed by atoms with Crippen molar-refractivity contribution < 1.29 is 9.53 Å². The van der Waals surface area contributed by atoms with Crippen LogP contribution in [0.5, 0.6) is 5.75 Å². The minimum atomic E-state index is -0.334. The molecule has 0 atom stereocenters. The number of carbonyl (C=O) groups excluding carboxylic acids is 1. The molecule has 3 nitrogen and oxygen atoms in total. The number of fused-ring (bicyclic) bond motifs is 2. The van der Waals surface area contributed by atoms with Gasteiger partial charge in [-0.2, -0.15) is 0 Å². The highest BCUT2D eigenvalue weighted by atomic mass is 16.5. The minimum absolute atomic E-state index is 0.334. The molecule has 4 aromatic rings. The number of aromatic nitrogens is 1. The SMILES string of the molecule is CC(=O)Oc1ccc2ccccc2c1/C=C/c1ccc2ccccc2n1. The van der Waals surface area contributed by atoms with E-state index < -0.39 is 0 Å². The zero-order chi connectivity index (χ0) is 17.9. The Morgan fingerprint density at radius 3 is 2.42 bits per heavy atom. The molecule has 0 saturated heterocycles. The Morgan fingerprint density at radius 1 is 0.846 bits per heavy atom. The average Bonchev–Trinajstić information content (AvgIpc) is 2.66. The molecule has 1 heterocycles. The van der Waals surface area contributed by atoms with Gasteiger partial charge in [-0.3, -0.25) is 4.79 Å². The number of pyridine rings is 1. The van der Waals surface area contributed by atoms with Gasteiger partial charge in [0, 0.05) is 17.9 Å². The highest BCUT2D eigenvalue weighted by molar-refractivity contribution is 5.96. The van der Waals surface area contributed by atoms with Gasteiger partial charge < -0.3 is 4.74 Å². The van der Waals surface area contributed by atoms with Crippen LogP contribution >= 0.6 is 0 Å². The van der Waals surface area contributed by atoms with Crippen LogP contribution < -0.4 is 4.74 Å². The Balaban J connectivity index is 1.81. The second kappa shape index (κ2) is 6.81. The highest BCUT2D eigenvalue weighted by Crippen LogP contribution is 2.30. The quantitative estimate of drug-likeness (QED) is 0.366. The third kappa shape index (κ3) is 3.20. The Hall–Kier alpha value is -3.46. The van der Waals surface area contributed by atoms with E-state index in [1.54, 1.807) is 0 Å². The fourth-order valence-corrected chi connectivity index (χ4v) is 3.03. The molecule has 0 amide bonds. The predicted molar refractivity (Wildman–Crippen MR) is 106 cm³/mol. The first-order valence-electron chi connectivity index (χ1n) is 8.45. The van der Waals surface area contributed by atoms with E-state index in [0.29, 0.717) is 5.75 Å². The van der Waals surface area contributed by atoms with Crippen molar-refractivity contribution in [2.75, 3.05) is 0 Å². The molecule has 0 spiro atoms. The maximum atomic E-state index is 11.5. The first kappa shape index (κ1) is 16.0. The van der Waals surface area contributed by atoms with Crippen LogP contribution in [0.1, 0.15) is 18.2 Å². The van der Waals surface area contributed by atoms with Gasteiger partial charge in [-0.25, -0.2) is 4.98 Å². The summed E-state index contributed by atoms with van der Waals surface area (Å²) in [7, 11) is 0. The van der Waals surface area contributed by atoms with Gasteiger partial charge in [-0.15, -0.1) is 0 Å². The second-order valence-corrected chi connectivity index (χ2v) is 6.05. The molecule has 0 unspecified atom stereocenters. The molecular formula is C23H17NO2. The van der Waals surface area contributed by atoms with Crippen molar-refractivity contribution in [3.63, 3.8) is 0 Å². The van der Waals surface area contributed by atoms with E-state index in [9.17, 15) is 4.79 Å². The summed E-state index contributed by atoms with van der Waals surface area (Å²) in [5.74, 6) is 0.215. The fourth-order valence-electron chi connectivity index (χ4n) is 3.03. The zero-order valence-electron chi connectivity index (χ0n) is 14.3. The first-order valence-corrected chi connectivity index (χ1v) is 8.45. The number of esters is 1. The number of para-hydroxylation sites is 1. The number of benzene rings is 3. The Kier molecular flexibility index (Phi) is 4.20. The van der Waals surface area contributed by atoms with Crippen molar-refractivity contribution in [3.05, 3.63) is 84.1 Å². The van der Waals surface area contributed by atoms with Crippen LogP contribution in [0, 0.1) is 0 Å². The standard InChI is InChI=1S/C23H17NO2/c1-16(25)26-23-15-11-17-6-2-4-8-20(17)21(23)14-13-19-12-10-18-7-3-5-9-22(18)24-19/h2-15H,1H3/b14-13+. The van der Waals surface area contributed by atoms with Gasteiger partial charge in [0.25, 0.3) is 0 Å². The van der Waals surface area contributed by atoms with Crippen LogP contribution in [-0.4, -0.2) is 11.0 Å². The summed E-state index contributed by atoms with van der Waals surface area (Å²) < 4.78 is 5.40. The highest BCUT2D eigenvalue weighted by Gasteiger charge is 2.08. The first-order chi connectivity index (χ1) is 12.7. The summed E-state index contributed by atoms with van der Waals surface area (Å²) in [5, 5.41) is 3.23. The van der Waals surface area contributed by atoms with Crippen LogP contribution in [-0.2, 0) is 4.79 Å². The minimum Gasteiger partial charge on any atom is -0.426 e. The van der Waals surface area contributed by atoms with E-state index in [2.05, 4.69) is 11.1 Å². The largest absolute Gasteiger partial charge is 0.426 e. The van der Waals surface area contributed by atoms with Crippen molar-refractivity contribution in [1.82, 2.24) is 4.98 Å². The molecule has 0 bridgehead atoms. The second-order valence-electron chi connectivity index (χ2n) is 6.05. The number of carbonyl (C=O) groups is 1. The molecule has 0 radical (unpaired) electrons. The van der Waals surface area contributed by atoms with E-state index in [4.69, 9.17) is 4.74 Å². The maximum Gasteiger partial charge on any atom is 0.308 e. The number of ether oxygens (including phenoxy) is 1.